The van der Waals surface area contributed by atoms with Gasteiger partial charge in [0.2, 0.25) is 0 Å². The summed E-state index contributed by atoms with van der Waals surface area (Å²) in [5, 5.41) is 4.36. The topological polar surface area (TPSA) is 55.6 Å². The average molecular weight is 323 g/mol. The molecule has 1 aliphatic rings. The van der Waals surface area contributed by atoms with E-state index < -0.39 is 0 Å². The Labute approximate surface area is 141 Å². The predicted octanol–water partition coefficient (Wildman–Crippen LogP) is 3.04. The van der Waals surface area contributed by atoms with Gasteiger partial charge in [0.15, 0.2) is 0 Å². The van der Waals surface area contributed by atoms with Crippen molar-refractivity contribution in [3.63, 3.8) is 0 Å². The van der Waals surface area contributed by atoms with Gasteiger partial charge in [0, 0.05) is 24.7 Å². The number of methoxy groups -OCH3 is 1. The zero-order valence-electron chi connectivity index (χ0n) is 14.0. The normalized spacial score (nSPS) is 18.1. The van der Waals surface area contributed by atoms with Crippen LogP contribution in [0.2, 0.25) is 0 Å². The summed E-state index contributed by atoms with van der Waals surface area (Å²) in [5.41, 5.74) is 1.96. The Morgan fingerprint density at radius 2 is 2.04 bits per heavy atom. The third-order valence-corrected chi connectivity index (χ3v) is 4.60. The number of anilines is 1. The maximum Gasteiger partial charge on any atom is 0.254 e. The van der Waals surface area contributed by atoms with Crippen LogP contribution in [0.25, 0.3) is 17.0 Å². The molecule has 1 fully saturated rings. The van der Waals surface area contributed by atoms with Crippen LogP contribution in [-0.4, -0.2) is 39.8 Å². The fourth-order valence-corrected chi connectivity index (χ4v) is 3.33. The van der Waals surface area contributed by atoms with E-state index in [9.17, 15) is 0 Å². The molecule has 1 atom stereocenters. The predicted molar refractivity (Wildman–Crippen MR) is 93.4 cm³/mol. The van der Waals surface area contributed by atoms with E-state index in [1.54, 1.807) is 13.4 Å². The minimum Gasteiger partial charge on any atom is -0.497 e. The van der Waals surface area contributed by atoms with Gasteiger partial charge >= 0.3 is 0 Å². The van der Waals surface area contributed by atoms with Crippen molar-refractivity contribution in [2.45, 2.75) is 19.8 Å². The molecule has 3 heterocycles. The second-order valence-electron chi connectivity index (χ2n) is 6.39. The third kappa shape index (κ3) is 2.68. The minimum atomic E-state index is 0.636. The monoisotopic (exact) mass is 323 g/mol. The van der Waals surface area contributed by atoms with E-state index in [0.717, 1.165) is 35.9 Å². The number of ether oxygens (including phenoxy) is 1. The maximum absolute atomic E-state index is 5.24. The molecular weight excluding hydrogens is 302 g/mol. The summed E-state index contributed by atoms with van der Waals surface area (Å²) in [6.07, 6.45) is 4.06. The summed E-state index contributed by atoms with van der Waals surface area (Å²) < 4.78 is 7.08. The number of hydrogen-bond acceptors (Lipinski definition) is 5. The molecule has 6 heteroatoms. The summed E-state index contributed by atoms with van der Waals surface area (Å²) >= 11 is 0. The van der Waals surface area contributed by atoms with Crippen LogP contribution in [0.3, 0.4) is 0 Å². The fraction of sp³-hybridized carbons (Fsp3) is 0.389. The van der Waals surface area contributed by atoms with Crippen LogP contribution in [0.15, 0.2) is 36.7 Å². The number of fused-ring (bicyclic) bond motifs is 1. The molecule has 6 nitrogen and oxygen atoms in total. The van der Waals surface area contributed by atoms with Gasteiger partial charge in [-0.15, -0.1) is 0 Å². The Bertz CT molecular complexity index is 842. The van der Waals surface area contributed by atoms with Crippen molar-refractivity contribution >= 4 is 11.6 Å². The van der Waals surface area contributed by atoms with Gasteiger partial charge in [0.05, 0.1) is 12.8 Å². The first kappa shape index (κ1) is 14.9. The smallest absolute Gasteiger partial charge is 0.254 e. The first-order valence-corrected chi connectivity index (χ1v) is 8.35. The van der Waals surface area contributed by atoms with Crippen LogP contribution in [0.5, 0.6) is 5.75 Å². The highest BCUT2D eigenvalue weighted by Crippen LogP contribution is 2.28. The highest BCUT2D eigenvalue weighted by atomic mass is 16.5. The van der Waals surface area contributed by atoms with Crippen molar-refractivity contribution < 1.29 is 4.74 Å². The van der Waals surface area contributed by atoms with Crippen molar-refractivity contribution in [2.24, 2.45) is 5.92 Å². The molecule has 24 heavy (non-hydrogen) atoms. The minimum absolute atomic E-state index is 0.636. The van der Waals surface area contributed by atoms with Gasteiger partial charge in [-0.05, 0) is 43.0 Å². The maximum atomic E-state index is 5.24. The molecule has 1 aliphatic heterocycles. The van der Waals surface area contributed by atoms with E-state index in [0.29, 0.717) is 11.7 Å². The summed E-state index contributed by atoms with van der Waals surface area (Å²) in [5.74, 6) is 3.23. The number of benzene rings is 1. The molecule has 2 aromatic heterocycles. The van der Waals surface area contributed by atoms with Crippen LogP contribution >= 0.6 is 0 Å². The highest BCUT2D eigenvalue weighted by Gasteiger charge is 2.20. The van der Waals surface area contributed by atoms with Crippen molar-refractivity contribution in [3.05, 3.63) is 36.7 Å². The third-order valence-electron chi connectivity index (χ3n) is 4.60. The molecule has 0 N–H and O–H groups in total. The van der Waals surface area contributed by atoms with E-state index in [4.69, 9.17) is 4.74 Å². The average Bonchev–Trinajstić information content (AvgIpc) is 3.09. The van der Waals surface area contributed by atoms with Gasteiger partial charge < -0.3 is 9.64 Å². The summed E-state index contributed by atoms with van der Waals surface area (Å²) in [6, 6.07) is 10.1. The molecule has 0 spiro atoms. The van der Waals surface area contributed by atoms with Gasteiger partial charge in [-0.2, -0.15) is 14.6 Å². The quantitative estimate of drug-likeness (QED) is 0.741. The Hall–Kier alpha value is -2.63. The van der Waals surface area contributed by atoms with Crippen molar-refractivity contribution in [3.8, 4) is 17.0 Å². The van der Waals surface area contributed by atoms with Gasteiger partial charge in [-0.25, -0.2) is 4.98 Å². The molecule has 124 valence electrons. The molecule has 1 saturated heterocycles. The van der Waals surface area contributed by atoms with Crippen molar-refractivity contribution in [1.29, 1.82) is 0 Å². The lowest BCUT2D eigenvalue weighted by Gasteiger charge is -2.32. The summed E-state index contributed by atoms with van der Waals surface area (Å²) in [4.78, 5) is 11.4. The van der Waals surface area contributed by atoms with E-state index in [1.807, 2.05) is 28.8 Å². The molecule has 4 rings (SSSR count). The molecule has 0 amide bonds. The van der Waals surface area contributed by atoms with E-state index in [-0.39, 0.29) is 0 Å². The van der Waals surface area contributed by atoms with Gasteiger partial charge in [-0.1, -0.05) is 6.92 Å². The van der Waals surface area contributed by atoms with Crippen LogP contribution in [0, 0.1) is 5.92 Å². The Morgan fingerprint density at radius 1 is 1.21 bits per heavy atom. The van der Waals surface area contributed by atoms with Crippen LogP contribution in [0.4, 0.5) is 5.82 Å². The molecular formula is C18H21N5O. The highest BCUT2D eigenvalue weighted by molar-refractivity contribution is 5.66. The second kappa shape index (κ2) is 6.11. The largest absolute Gasteiger partial charge is 0.497 e. The van der Waals surface area contributed by atoms with Crippen LogP contribution < -0.4 is 9.64 Å². The molecule has 0 aliphatic carbocycles. The first-order chi connectivity index (χ1) is 11.7. The van der Waals surface area contributed by atoms with Gasteiger partial charge in [0.25, 0.3) is 5.78 Å². The number of nitrogens with zero attached hydrogens (tertiary/aromatic N) is 5. The van der Waals surface area contributed by atoms with Crippen molar-refractivity contribution in [2.75, 3.05) is 25.1 Å². The molecule has 0 bridgehead atoms. The number of aromatic nitrogens is 4. The van der Waals surface area contributed by atoms with E-state index in [2.05, 4.69) is 33.0 Å². The Kier molecular flexibility index (Phi) is 3.80. The first-order valence-electron chi connectivity index (χ1n) is 8.35. The summed E-state index contributed by atoms with van der Waals surface area (Å²) in [6.45, 7) is 4.39. The molecule has 0 unspecified atom stereocenters. The summed E-state index contributed by atoms with van der Waals surface area (Å²) in [7, 11) is 1.67. The number of piperidine rings is 1. The van der Waals surface area contributed by atoms with Gasteiger partial charge in [0.1, 0.15) is 17.9 Å². The Morgan fingerprint density at radius 3 is 2.79 bits per heavy atom. The lowest BCUT2D eigenvalue weighted by molar-refractivity contribution is 0.415. The number of hydrogen-bond donors (Lipinski definition) is 0. The molecule has 0 radical (unpaired) electrons. The van der Waals surface area contributed by atoms with Crippen LogP contribution in [-0.2, 0) is 0 Å². The van der Waals surface area contributed by atoms with Crippen molar-refractivity contribution in [1.82, 2.24) is 19.6 Å². The van der Waals surface area contributed by atoms with E-state index in [1.165, 1.54) is 12.8 Å². The number of rotatable bonds is 3. The Balaban J connectivity index is 1.79. The zero-order valence-corrected chi connectivity index (χ0v) is 14.0. The van der Waals surface area contributed by atoms with Gasteiger partial charge in [-0.3, -0.25) is 0 Å². The lowest BCUT2D eigenvalue weighted by atomic mass is 10.0. The molecule has 1 aromatic carbocycles. The van der Waals surface area contributed by atoms with E-state index >= 15 is 0 Å². The van der Waals surface area contributed by atoms with Crippen LogP contribution in [0.1, 0.15) is 19.8 Å². The standard InChI is InChI=1S/C18H21N5O/c1-13-4-3-9-22(11-13)17-10-16(21-18-19-12-20-23(17)18)14-5-7-15(24-2)8-6-14/h5-8,10,12-13H,3-4,9,11H2,1-2H3/t13-/m1/s1. The second-order valence-corrected chi connectivity index (χ2v) is 6.39. The molecule has 0 saturated carbocycles. The fourth-order valence-electron chi connectivity index (χ4n) is 3.33. The zero-order chi connectivity index (χ0) is 16.5. The SMILES string of the molecule is COc1ccc(-c2cc(N3CCC[C@@H](C)C3)n3ncnc3n2)cc1. The molecule has 3 aromatic rings. The lowest BCUT2D eigenvalue weighted by Crippen LogP contribution is -2.35.